The van der Waals surface area contributed by atoms with Crippen LogP contribution in [0.2, 0.25) is 0 Å². The first-order valence-electron chi connectivity index (χ1n) is 8.47. The van der Waals surface area contributed by atoms with Crippen LogP contribution in [0.1, 0.15) is 56.1 Å². The fraction of sp³-hybridized carbons (Fsp3) is 0.632. The quantitative estimate of drug-likeness (QED) is 0.773. The van der Waals surface area contributed by atoms with Crippen molar-refractivity contribution in [2.24, 2.45) is 17.3 Å². The van der Waals surface area contributed by atoms with Crippen LogP contribution in [-0.2, 0) is 11.2 Å². The molecule has 3 unspecified atom stereocenters. The number of rotatable bonds is 1. The topological polar surface area (TPSA) is 37.3 Å². The number of phenols is 1. The number of hydrogen-bond donors (Lipinski definition) is 1. The van der Waals surface area contributed by atoms with Crippen molar-refractivity contribution in [1.29, 1.82) is 0 Å². The largest absolute Gasteiger partial charge is 0.507 e. The van der Waals surface area contributed by atoms with Gasteiger partial charge in [-0.05, 0) is 79.4 Å². The highest BCUT2D eigenvalue weighted by Crippen LogP contribution is 2.59. The lowest BCUT2D eigenvalue weighted by molar-refractivity contribution is -0.129. The van der Waals surface area contributed by atoms with Gasteiger partial charge in [0.2, 0.25) is 0 Å². The third-order valence-corrected chi connectivity index (χ3v) is 7.50. The number of ketones is 1. The van der Waals surface area contributed by atoms with E-state index in [1.54, 1.807) is 11.8 Å². The van der Waals surface area contributed by atoms with E-state index in [9.17, 15) is 9.90 Å². The van der Waals surface area contributed by atoms with Gasteiger partial charge in [0.1, 0.15) is 11.5 Å². The summed E-state index contributed by atoms with van der Waals surface area (Å²) < 4.78 is 0. The number of fused-ring (bicyclic) bond motifs is 5. The zero-order valence-electron chi connectivity index (χ0n) is 13.4. The minimum absolute atomic E-state index is 0.0437. The molecule has 4 atom stereocenters. The van der Waals surface area contributed by atoms with E-state index < -0.39 is 0 Å². The molecular weight excluding hydrogens is 292 g/mol. The number of hydrogen-bond acceptors (Lipinski definition) is 3. The normalized spacial score (nSPS) is 36.6. The molecule has 0 aromatic heterocycles. The SMILES string of the molecule is CSc1cc2c(cc1O)CCC1C2CC[C@]2(C)C(=O)CCC12. The second-order valence-corrected chi connectivity index (χ2v) is 8.40. The highest BCUT2D eigenvalue weighted by Gasteiger charge is 2.54. The van der Waals surface area contributed by atoms with Gasteiger partial charge in [0, 0.05) is 16.7 Å². The minimum Gasteiger partial charge on any atom is -0.507 e. The molecule has 0 radical (unpaired) electrons. The fourth-order valence-electron chi connectivity index (χ4n) is 5.52. The maximum atomic E-state index is 12.4. The molecule has 0 spiro atoms. The van der Waals surface area contributed by atoms with Crippen LogP contribution in [0.15, 0.2) is 17.0 Å². The molecule has 3 aliphatic carbocycles. The summed E-state index contributed by atoms with van der Waals surface area (Å²) >= 11 is 1.62. The maximum absolute atomic E-state index is 12.4. The van der Waals surface area contributed by atoms with Gasteiger partial charge in [-0.1, -0.05) is 6.92 Å². The third kappa shape index (κ3) is 1.90. The smallest absolute Gasteiger partial charge is 0.139 e. The van der Waals surface area contributed by atoms with E-state index in [1.165, 1.54) is 17.5 Å². The van der Waals surface area contributed by atoms with Gasteiger partial charge in [-0.15, -0.1) is 11.8 Å². The van der Waals surface area contributed by atoms with Gasteiger partial charge in [0.25, 0.3) is 0 Å². The second-order valence-electron chi connectivity index (χ2n) is 7.56. The van der Waals surface area contributed by atoms with E-state index in [0.29, 0.717) is 29.3 Å². The molecule has 1 aromatic rings. The predicted molar refractivity (Wildman–Crippen MR) is 89.5 cm³/mol. The summed E-state index contributed by atoms with van der Waals surface area (Å²) in [6, 6.07) is 4.22. The number of carbonyl (C=O) groups is 1. The average Bonchev–Trinajstić information content (AvgIpc) is 2.82. The van der Waals surface area contributed by atoms with E-state index >= 15 is 0 Å². The Morgan fingerprint density at radius 1 is 1.23 bits per heavy atom. The lowest BCUT2D eigenvalue weighted by atomic mass is 9.55. The van der Waals surface area contributed by atoms with Crippen molar-refractivity contribution in [3.8, 4) is 5.75 Å². The van der Waals surface area contributed by atoms with Crippen LogP contribution >= 0.6 is 11.8 Å². The molecule has 1 aromatic carbocycles. The molecule has 0 bridgehead atoms. The first-order valence-corrected chi connectivity index (χ1v) is 9.70. The van der Waals surface area contributed by atoms with Gasteiger partial charge in [0.05, 0.1) is 0 Å². The first-order chi connectivity index (χ1) is 10.5. The Morgan fingerprint density at radius 2 is 2.05 bits per heavy atom. The number of phenolic OH excluding ortho intramolecular Hbond substituents is 1. The summed E-state index contributed by atoms with van der Waals surface area (Å²) in [6.07, 6.45) is 8.34. The zero-order chi connectivity index (χ0) is 15.5. The van der Waals surface area contributed by atoms with Crippen LogP contribution in [0, 0.1) is 17.3 Å². The van der Waals surface area contributed by atoms with E-state index in [4.69, 9.17) is 0 Å². The van der Waals surface area contributed by atoms with Gasteiger partial charge in [-0.3, -0.25) is 4.79 Å². The van der Waals surface area contributed by atoms with Gasteiger partial charge in [-0.25, -0.2) is 0 Å². The summed E-state index contributed by atoms with van der Waals surface area (Å²) in [4.78, 5) is 13.4. The van der Waals surface area contributed by atoms with Crippen molar-refractivity contribution in [3.63, 3.8) is 0 Å². The minimum atomic E-state index is -0.0437. The molecule has 4 rings (SSSR count). The zero-order valence-corrected chi connectivity index (χ0v) is 14.2. The third-order valence-electron chi connectivity index (χ3n) is 6.73. The molecule has 0 saturated heterocycles. The molecule has 3 heteroatoms. The van der Waals surface area contributed by atoms with Gasteiger partial charge in [-0.2, -0.15) is 0 Å². The molecule has 2 fully saturated rings. The molecule has 0 heterocycles. The Balaban J connectivity index is 1.74. The van der Waals surface area contributed by atoms with Crippen LogP contribution in [0.5, 0.6) is 5.75 Å². The Kier molecular flexibility index (Phi) is 3.34. The molecule has 3 aliphatic rings. The highest BCUT2D eigenvalue weighted by molar-refractivity contribution is 7.98. The van der Waals surface area contributed by atoms with Gasteiger partial charge >= 0.3 is 0 Å². The number of thioether (sulfide) groups is 1. The standard InChI is InChI=1S/C19H24O2S/c1-19-8-7-12-13(15(19)5-6-18(19)21)4-3-11-9-16(20)17(22-2)10-14(11)12/h9-10,12-13,15,20H,3-8H2,1-2H3/t12?,13?,15?,19-/m0/s1. The summed E-state index contributed by atoms with van der Waals surface area (Å²) in [5.41, 5.74) is 2.75. The summed E-state index contributed by atoms with van der Waals surface area (Å²) in [6.45, 7) is 2.23. The molecule has 1 N–H and O–H groups in total. The lowest BCUT2D eigenvalue weighted by Gasteiger charge is -2.48. The van der Waals surface area contributed by atoms with E-state index in [0.717, 1.165) is 37.0 Å². The molecular formula is C19H24O2S. The van der Waals surface area contributed by atoms with Crippen LogP contribution in [0.4, 0.5) is 0 Å². The van der Waals surface area contributed by atoms with E-state index in [1.807, 2.05) is 12.3 Å². The van der Waals surface area contributed by atoms with Gasteiger partial charge < -0.3 is 5.11 Å². The van der Waals surface area contributed by atoms with Crippen LogP contribution in [0.25, 0.3) is 0 Å². The number of carbonyl (C=O) groups excluding carboxylic acids is 1. The summed E-state index contributed by atoms with van der Waals surface area (Å²) in [5, 5.41) is 10.1. The van der Waals surface area contributed by atoms with Crippen molar-refractivity contribution in [3.05, 3.63) is 23.3 Å². The average molecular weight is 316 g/mol. The van der Waals surface area contributed by atoms with Crippen LogP contribution < -0.4 is 0 Å². The maximum Gasteiger partial charge on any atom is 0.139 e. The summed E-state index contributed by atoms with van der Waals surface area (Å²) in [7, 11) is 0. The van der Waals surface area contributed by atoms with Crippen LogP contribution in [0.3, 0.4) is 0 Å². The Hall–Kier alpha value is -0.960. The second kappa shape index (κ2) is 5.02. The van der Waals surface area contributed by atoms with Crippen molar-refractivity contribution >= 4 is 17.5 Å². The number of aromatic hydroxyl groups is 1. The van der Waals surface area contributed by atoms with E-state index in [-0.39, 0.29) is 5.41 Å². The van der Waals surface area contributed by atoms with E-state index in [2.05, 4.69) is 13.0 Å². The van der Waals surface area contributed by atoms with Crippen molar-refractivity contribution in [2.45, 2.75) is 56.3 Å². The Bertz CT molecular complexity index is 639. The molecule has 22 heavy (non-hydrogen) atoms. The fourth-order valence-corrected chi connectivity index (χ4v) is 6.03. The van der Waals surface area contributed by atoms with Crippen molar-refractivity contribution < 1.29 is 9.90 Å². The molecule has 2 saturated carbocycles. The highest BCUT2D eigenvalue weighted by atomic mass is 32.2. The lowest BCUT2D eigenvalue weighted by Crippen LogP contribution is -2.42. The first kappa shape index (κ1) is 14.6. The van der Waals surface area contributed by atoms with Crippen LogP contribution in [-0.4, -0.2) is 17.1 Å². The Labute approximate surface area is 136 Å². The van der Waals surface area contributed by atoms with Crippen molar-refractivity contribution in [2.75, 3.05) is 6.26 Å². The van der Waals surface area contributed by atoms with Crippen molar-refractivity contribution in [1.82, 2.24) is 0 Å². The Morgan fingerprint density at radius 3 is 2.82 bits per heavy atom. The number of Topliss-reactive ketones (excluding diaryl/α,β-unsaturated/α-hetero) is 1. The molecule has 2 nitrogen and oxygen atoms in total. The van der Waals surface area contributed by atoms with Gasteiger partial charge in [0.15, 0.2) is 0 Å². The molecule has 118 valence electrons. The molecule has 0 aliphatic heterocycles. The number of aryl methyl sites for hydroxylation is 1. The molecule has 0 amide bonds. The monoisotopic (exact) mass is 316 g/mol. The predicted octanol–water partition coefficient (Wildman–Crippen LogP) is 4.54. The summed E-state index contributed by atoms with van der Waals surface area (Å²) in [5.74, 6) is 2.79. The number of benzene rings is 1.